The molecule has 0 saturated heterocycles. The van der Waals surface area contributed by atoms with Crippen LogP contribution in [0.3, 0.4) is 0 Å². The Hall–Kier alpha value is -3.84. The number of nitrogens with one attached hydrogen (secondary N) is 1. The van der Waals surface area contributed by atoms with Crippen LogP contribution in [0.25, 0.3) is 22.5 Å². The van der Waals surface area contributed by atoms with Crippen molar-refractivity contribution in [1.29, 1.82) is 0 Å². The monoisotopic (exact) mass is 582 g/mol. The summed E-state index contributed by atoms with van der Waals surface area (Å²) in [5, 5.41) is 25.3. The van der Waals surface area contributed by atoms with Gasteiger partial charge >= 0.3 is 41.3 Å². The van der Waals surface area contributed by atoms with Crippen LogP contribution >= 0.6 is 0 Å². The van der Waals surface area contributed by atoms with Gasteiger partial charge in [-0.1, -0.05) is 55.5 Å². The van der Waals surface area contributed by atoms with Crippen LogP contribution < -0.4 is 35.4 Å². The Kier molecular flexibility index (Phi) is 9.62. The molecule has 5 rings (SSSR count). The molecule has 0 bridgehead atoms. The molecule has 0 atom stereocenters. The summed E-state index contributed by atoms with van der Waals surface area (Å²) in [7, 11) is 0. The predicted molar refractivity (Wildman–Crippen MR) is 148 cm³/mol. The number of hydrogen-bond acceptors (Lipinski definition) is 10. The van der Waals surface area contributed by atoms with Gasteiger partial charge in [-0.05, 0) is 49.1 Å². The number of aliphatic hydroxyl groups is 1. The van der Waals surface area contributed by atoms with Gasteiger partial charge in [-0.25, -0.2) is 14.6 Å². The second-order valence-corrected chi connectivity index (χ2v) is 10.1. The van der Waals surface area contributed by atoms with Crippen LogP contribution in [-0.2, 0) is 29.9 Å². The number of carbonyl (C=O) groups is 1. The van der Waals surface area contributed by atoms with Crippen LogP contribution in [0.15, 0.2) is 62.2 Å². The number of imidazole rings is 1. The molecule has 42 heavy (non-hydrogen) atoms. The summed E-state index contributed by atoms with van der Waals surface area (Å²) in [4.78, 5) is 29.5. The van der Waals surface area contributed by atoms with Crippen molar-refractivity contribution in [3.63, 3.8) is 0 Å². The van der Waals surface area contributed by atoms with Crippen molar-refractivity contribution in [2.24, 2.45) is 0 Å². The fourth-order valence-corrected chi connectivity index (χ4v) is 4.60. The van der Waals surface area contributed by atoms with Crippen LogP contribution in [0.2, 0.25) is 0 Å². The van der Waals surface area contributed by atoms with E-state index in [4.69, 9.17) is 13.6 Å². The van der Waals surface area contributed by atoms with E-state index >= 15 is 0 Å². The van der Waals surface area contributed by atoms with Gasteiger partial charge in [0.25, 0.3) is 0 Å². The molecule has 12 nitrogen and oxygen atoms in total. The number of tetrazole rings is 1. The Balaban J connectivity index is 0.00000253. The molecule has 0 aliphatic heterocycles. The van der Waals surface area contributed by atoms with Gasteiger partial charge in [0, 0.05) is 18.5 Å². The molecule has 2 N–H and O–H groups in total. The standard InChI is InChI=1S/C29H30N6O6.Na.H/c1-5-8-23-30-25(29(3,4)38)24(27(36)39-16-22-17(2)40-28(37)41-22)35(23)15-18-11-13-19(14-12-18)20-9-6-7-10-21(20)26-31-33-34-32-26;;/h6-7,9-14,38H,5,8,15-16H2,1-4H3,(H,31,32,33,34);;/q;+1;-1. The number of ether oxygens (including phenoxy) is 1. The van der Waals surface area contributed by atoms with Crippen LogP contribution in [-0.4, -0.2) is 41.3 Å². The molecule has 0 saturated carbocycles. The van der Waals surface area contributed by atoms with Crippen molar-refractivity contribution in [3.8, 4) is 22.5 Å². The zero-order valence-corrected chi connectivity index (χ0v) is 26.2. The maximum atomic E-state index is 13.5. The first-order valence-corrected chi connectivity index (χ1v) is 13.2. The Morgan fingerprint density at radius 1 is 1.12 bits per heavy atom. The number of carbonyl (C=O) groups excluding carboxylic acids is 1. The average molecular weight is 583 g/mol. The molecule has 0 radical (unpaired) electrons. The Morgan fingerprint density at radius 3 is 2.43 bits per heavy atom. The van der Waals surface area contributed by atoms with Gasteiger partial charge in [0.05, 0.1) is 0 Å². The molecule has 13 heteroatoms. The molecule has 214 valence electrons. The topological polar surface area (TPSA) is 162 Å². The number of esters is 1. The number of benzene rings is 2. The predicted octanol–water partition coefficient (Wildman–Crippen LogP) is 1.29. The van der Waals surface area contributed by atoms with Crippen LogP contribution in [0.1, 0.15) is 67.7 Å². The van der Waals surface area contributed by atoms with E-state index in [1.54, 1.807) is 25.3 Å². The fraction of sp³-hybridized carbons (Fsp3) is 0.310. The molecule has 0 spiro atoms. The first kappa shape index (κ1) is 31.1. The number of H-pyrrole nitrogens is 1. The van der Waals surface area contributed by atoms with E-state index in [0.29, 0.717) is 24.6 Å². The van der Waals surface area contributed by atoms with E-state index in [0.717, 1.165) is 28.7 Å². The SMILES string of the molecule is CCCc1nc(C(C)(C)O)c(C(=O)OCc2oc(=O)oc2C)n1Cc1ccc(-c2ccccc2-c2nn[nH]n2)cc1.[H-].[Na+]. The van der Waals surface area contributed by atoms with Gasteiger partial charge in [-0.15, -0.1) is 10.2 Å². The third-order valence-electron chi connectivity index (χ3n) is 6.58. The van der Waals surface area contributed by atoms with E-state index in [2.05, 4.69) is 25.6 Å². The number of nitrogens with zero attached hydrogens (tertiary/aromatic N) is 5. The van der Waals surface area contributed by atoms with E-state index in [1.165, 1.54) is 0 Å². The molecule has 0 aliphatic rings. The summed E-state index contributed by atoms with van der Waals surface area (Å²) >= 11 is 0. The van der Waals surface area contributed by atoms with Crippen LogP contribution in [0.4, 0.5) is 0 Å². The summed E-state index contributed by atoms with van der Waals surface area (Å²) in [5.74, 6) is -0.0831. The zero-order valence-electron chi connectivity index (χ0n) is 25.2. The van der Waals surface area contributed by atoms with Gasteiger partial charge in [0.2, 0.25) is 5.82 Å². The smallest absolute Gasteiger partial charge is 1.00 e. The van der Waals surface area contributed by atoms with Crippen molar-refractivity contribution in [1.82, 2.24) is 30.2 Å². The first-order valence-electron chi connectivity index (χ1n) is 13.2. The summed E-state index contributed by atoms with van der Waals surface area (Å²) in [6.45, 7) is 6.72. The van der Waals surface area contributed by atoms with Crippen molar-refractivity contribution in [2.45, 2.75) is 59.3 Å². The molecule has 5 aromatic rings. The summed E-state index contributed by atoms with van der Waals surface area (Å²) in [6.07, 6.45) is 1.37. The van der Waals surface area contributed by atoms with Gasteiger partial charge in [-0.3, -0.25) is 0 Å². The summed E-state index contributed by atoms with van der Waals surface area (Å²) < 4.78 is 17.1. The number of aryl methyl sites for hydroxylation is 2. The molecule has 2 aromatic carbocycles. The van der Waals surface area contributed by atoms with Crippen LogP contribution in [0.5, 0.6) is 0 Å². The van der Waals surface area contributed by atoms with E-state index in [-0.39, 0.29) is 60.5 Å². The van der Waals surface area contributed by atoms with Crippen molar-refractivity contribution >= 4 is 5.97 Å². The van der Waals surface area contributed by atoms with Crippen molar-refractivity contribution < 1.29 is 54.5 Å². The van der Waals surface area contributed by atoms with Crippen molar-refractivity contribution in [2.75, 3.05) is 0 Å². The van der Waals surface area contributed by atoms with E-state index in [9.17, 15) is 14.7 Å². The van der Waals surface area contributed by atoms with Gasteiger partial charge < -0.3 is 24.7 Å². The number of rotatable bonds is 10. The van der Waals surface area contributed by atoms with Crippen molar-refractivity contribution in [3.05, 3.63) is 93.4 Å². The molecule has 0 amide bonds. The van der Waals surface area contributed by atoms with Gasteiger partial charge in [0.1, 0.15) is 17.1 Å². The minimum Gasteiger partial charge on any atom is -1.00 e. The Morgan fingerprint density at radius 2 is 1.83 bits per heavy atom. The molecule has 3 aromatic heterocycles. The molecule has 0 aliphatic carbocycles. The Bertz CT molecular complexity index is 1720. The number of hydrogen-bond donors (Lipinski definition) is 2. The largest absolute Gasteiger partial charge is 1.00 e. The van der Waals surface area contributed by atoms with Crippen LogP contribution in [0, 0.1) is 6.92 Å². The maximum Gasteiger partial charge on any atom is 1.00 e. The number of aromatic nitrogens is 6. The van der Waals surface area contributed by atoms with E-state index in [1.807, 2.05) is 55.5 Å². The minimum absolute atomic E-state index is 0. The van der Waals surface area contributed by atoms with Gasteiger partial charge in [-0.2, -0.15) is 5.21 Å². The quantitative estimate of drug-likeness (QED) is 0.181. The fourth-order valence-electron chi connectivity index (χ4n) is 4.60. The second-order valence-electron chi connectivity index (χ2n) is 10.1. The minimum atomic E-state index is -1.41. The molecule has 0 unspecified atom stereocenters. The summed E-state index contributed by atoms with van der Waals surface area (Å²) in [5.41, 5.74) is 2.60. The zero-order chi connectivity index (χ0) is 29.1. The first-order chi connectivity index (χ1) is 19.7. The third kappa shape index (κ3) is 6.62. The Labute approximate surface area is 264 Å². The average Bonchev–Trinajstić information content (AvgIpc) is 3.67. The summed E-state index contributed by atoms with van der Waals surface area (Å²) in [6, 6.07) is 15.7. The molecule has 0 fully saturated rings. The molecular weight excluding hydrogens is 551 g/mol. The maximum absolute atomic E-state index is 13.5. The van der Waals surface area contributed by atoms with Gasteiger partial charge in [0.15, 0.2) is 23.8 Å². The second kappa shape index (κ2) is 13.0. The molecule has 3 heterocycles. The third-order valence-corrected chi connectivity index (χ3v) is 6.58. The normalized spacial score (nSPS) is 11.4. The number of aromatic amines is 1. The molecular formula is C29H31N6NaO6. The van der Waals surface area contributed by atoms with E-state index < -0.39 is 17.4 Å².